The van der Waals surface area contributed by atoms with E-state index in [9.17, 15) is 9.18 Å². The summed E-state index contributed by atoms with van der Waals surface area (Å²) in [5.41, 5.74) is 3.20. The molecular formula is C23H23FN4O. The normalized spacial score (nSPS) is 14.6. The van der Waals surface area contributed by atoms with Crippen LogP contribution in [0.5, 0.6) is 0 Å². The van der Waals surface area contributed by atoms with Gasteiger partial charge in [-0.3, -0.25) is 14.7 Å². The molecular weight excluding hydrogens is 367 g/mol. The van der Waals surface area contributed by atoms with Crippen molar-refractivity contribution in [1.82, 2.24) is 14.8 Å². The molecule has 0 bridgehead atoms. The minimum atomic E-state index is -0.285. The fraction of sp³-hybridized carbons (Fsp3) is 0.217. The predicted molar refractivity (Wildman–Crippen MR) is 112 cm³/mol. The molecule has 1 N–H and O–H groups in total. The summed E-state index contributed by atoms with van der Waals surface area (Å²) in [7, 11) is 0. The van der Waals surface area contributed by atoms with Crippen molar-refractivity contribution in [1.29, 1.82) is 0 Å². The number of rotatable bonds is 5. The number of benzene rings is 2. The molecule has 1 aliphatic heterocycles. The molecule has 0 atom stereocenters. The summed E-state index contributed by atoms with van der Waals surface area (Å²) in [6.07, 6.45) is 1.62. The van der Waals surface area contributed by atoms with Crippen molar-refractivity contribution in [3.8, 4) is 0 Å². The zero-order valence-electron chi connectivity index (χ0n) is 16.1. The molecule has 1 aliphatic rings. The van der Waals surface area contributed by atoms with Crippen molar-refractivity contribution in [2.75, 3.05) is 31.5 Å². The first-order valence-electron chi connectivity index (χ1n) is 9.71. The highest BCUT2D eigenvalue weighted by atomic mass is 19.1. The topological polar surface area (TPSA) is 48.5 Å². The van der Waals surface area contributed by atoms with Crippen molar-refractivity contribution in [2.45, 2.75) is 6.54 Å². The molecule has 29 heavy (non-hydrogen) atoms. The third kappa shape index (κ3) is 4.97. The molecule has 148 valence electrons. The van der Waals surface area contributed by atoms with E-state index in [1.54, 1.807) is 30.5 Å². The van der Waals surface area contributed by atoms with Crippen LogP contribution < -0.4 is 5.32 Å². The van der Waals surface area contributed by atoms with E-state index < -0.39 is 0 Å². The monoisotopic (exact) mass is 390 g/mol. The van der Waals surface area contributed by atoms with Gasteiger partial charge in [0.25, 0.3) is 5.91 Å². The first kappa shape index (κ1) is 19.1. The number of hydrogen-bond donors (Lipinski definition) is 1. The molecule has 1 aromatic heterocycles. The van der Waals surface area contributed by atoms with E-state index in [1.807, 2.05) is 23.1 Å². The highest BCUT2D eigenvalue weighted by molar-refractivity contribution is 5.93. The van der Waals surface area contributed by atoms with Crippen LogP contribution in [-0.2, 0) is 6.54 Å². The number of nitrogens with one attached hydrogen (secondary N) is 1. The van der Waals surface area contributed by atoms with Gasteiger partial charge in [0.15, 0.2) is 0 Å². The lowest BCUT2D eigenvalue weighted by atomic mass is 10.2. The van der Waals surface area contributed by atoms with Gasteiger partial charge in [0.1, 0.15) is 11.5 Å². The maximum absolute atomic E-state index is 13.1. The van der Waals surface area contributed by atoms with Gasteiger partial charge in [0.2, 0.25) is 0 Å². The van der Waals surface area contributed by atoms with Crippen molar-refractivity contribution in [2.24, 2.45) is 0 Å². The molecule has 2 aromatic carbocycles. The highest BCUT2D eigenvalue weighted by Gasteiger charge is 2.23. The Morgan fingerprint density at radius 2 is 1.66 bits per heavy atom. The van der Waals surface area contributed by atoms with E-state index in [4.69, 9.17) is 0 Å². The van der Waals surface area contributed by atoms with Gasteiger partial charge in [0.05, 0.1) is 0 Å². The summed E-state index contributed by atoms with van der Waals surface area (Å²) in [4.78, 5) is 21.3. The SMILES string of the molecule is O=C(c1cc(Nc2ccc(F)cc2)ccn1)N1CCN(Cc2ccccc2)CC1. The Morgan fingerprint density at radius 1 is 0.931 bits per heavy atom. The zero-order valence-corrected chi connectivity index (χ0v) is 16.1. The van der Waals surface area contributed by atoms with E-state index in [0.717, 1.165) is 31.0 Å². The first-order valence-corrected chi connectivity index (χ1v) is 9.71. The van der Waals surface area contributed by atoms with Crippen LogP contribution in [0.15, 0.2) is 72.9 Å². The van der Waals surface area contributed by atoms with Crippen LogP contribution in [-0.4, -0.2) is 46.9 Å². The van der Waals surface area contributed by atoms with Gasteiger partial charge in [-0.25, -0.2) is 4.39 Å². The molecule has 0 spiro atoms. The van der Waals surface area contributed by atoms with Crippen LogP contribution in [0, 0.1) is 5.82 Å². The molecule has 4 rings (SSSR count). The van der Waals surface area contributed by atoms with Crippen LogP contribution in [0.3, 0.4) is 0 Å². The lowest BCUT2D eigenvalue weighted by Gasteiger charge is -2.34. The van der Waals surface area contributed by atoms with E-state index in [1.165, 1.54) is 17.7 Å². The summed E-state index contributed by atoms with van der Waals surface area (Å²) < 4.78 is 13.1. The number of carbonyl (C=O) groups is 1. The molecule has 5 nitrogen and oxygen atoms in total. The van der Waals surface area contributed by atoms with Gasteiger partial charge in [0, 0.05) is 50.3 Å². The number of pyridine rings is 1. The smallest absolute Gasteiger partial charge is 0.272 e. The number of nitrogens with zero attached hydrogens (tertiary/aromatic N) is 3. The van der Waals surface area contributed by atoms with Crippen LogP contribution in [0.1, 0.15) is 16.1 Å². The Balaban J connectivity index is 1.35. The standard InChI is InChI=1S/C23H23FN4O/c24-19-6-8-20(9-7-19)26-21-10-11-25-22(16-21)23(29)28-14-12-27(13-15-28)17-18-4-2-1-3-5-18/h1-11,16H,12-15,17H2,(H,25,26). The van der Waals surface area contributed by atoms with E-state index >= 15 is 0 Å². The van der Waals surface area contributed by atoms with Crippen LogP contribution in [0.25, 0.3) is 0 Å². The number of halogens is 1. The number of amides is 1. The molecule has 1 amide bonds. The Hall–Kier alpha value is -3.25. The fourth-order valence-electron chi connectivity index (χ4n) is 3.44. The van der Waals surface area contributed by atoms with E-state index in [-0.39, 0.29) is 11.7 Å². The minimum Gasteiger partial charge on any atom is -0.355 e. The molecule has 1 fully saturated rings. The first-order chi connectivity index (χ1) is 14.2. The van der Waals surface area contributed by atoms with Crippen molar-refractivity contribution < 1.29 is 9.18 Å². The molecule has 1 saturated heterocycles. The number of carbonyl (C=O) groups excluding carboxylic acids is 1. The Labute approximate surface area is 169 Å². The van der Waals surface area contributed by atoms with E-state index in [0.29, 0.717) is 18.8 Å². The fourth-order valence-corrected chi connectivity index (χ4v) is 3.44. The number of anilines is 2. The Morgan fingerprint density at radius 3 is 2.38 bits per heavy atom. The third-order valence-corrected chi connectivity index (χ3v) is 5.02. The average molecular weight is 390 g/mol. The second-order valence-corrected chi connectivity index (χ2v) is 7.12. The largest absolute Gasteiger partial charge is 0.355 e. The van der Waals surface area contributed by atoms with Gasteiger partial charge in [-0.1, -0.05) is 30.3 Å². The van der Waals surface area contributed by atoms with Crippen molar-refractivity contribution in [3.63, 3.8) is 0 Å². The Kier molecular flexibility index (Phi) is 5.81. The molecule has 6 heteroatoms. The second-order valence-electron chi connectivity index (χ2n) is 7.12. The summed E-state index contributed by atoms with van der Waals surface area (Å²) in [5, 5.41) is 3.18. The predicted octanol–water partition coefficient (Wildman–Crippen LogP) is 3.92. The summed E-state index contributed by atoms with van der Waals surface area (Å²) in [6, 6.07) is 20.0. The maximum atomic E-state index is 13.1. The van der Waals surface area contributed by atoms with Gasteiger partial charge < -0.3 is 10.2 Å². The lowest BCUT2D eigenvalue weighted by Crippen LogP contribution is -2.48. The highest BCUT2D eigenvalue weighted by Crippen LogP contribution is 2.18. The number of piperazine rings is 1. The number of hydrogen-bond acceptors (Lipinski definition) is 4. The summed E-state index contributed by atoms with van der Waals surface area (Å²) in [6.45, 7) is 3.95. The second kappa shape index (κ2) is 8.84. The molecule has 0 unspecified atom stereocenters. The van der Waals surface area contributed by atoms with Gasteiger partial charge >= 0.3 is 0 Å². The summed E-state index contributed by atoms with van der Waals surface area (Å²) >= 11 is 0. The maximum Gasteiger partial charge on any atom is 0.272 e. The molecule has 0 radical (unpaired) electrons. The summed E-state index contributed by atoms with van der Waals surface area (Å²) in [5.74, 6) is -0.348. The minimum absolute atomic E-state index is 0.0629. The lowest BCUT2D eigenvalue weighted by molar-refractivity contribution is 0.0623. The van der Waals surface area contributed by atoms with E-state index in [2.05, 4.69) is 27.3 Å². The van der Waals surface area contributed by atoms with Gasteiger partial charge in [-0.05, 0) is 42.0 Å². The molecule has 0 saturated carbocycles. The van der Waals surface area contributed by atoms with Crippen molar-refractivity contribution in [3.05, 3.63) is 90.0 Å². The third-order valence-electron chi connectivity index (χ3n) is 5.02. The molecule has 3 aromatic rings. The van der Waals surface area contributed by atoms with Crippen LogP contribution in [0.4, 0.5) is 15.8 Å². The van der Waals surface area contributed by atoms with Gasteiger partial charge in [-0.2, -0.15) is 0 Å². The van der Waals surface area contributed by atoms with Crippen molar-refractivity contribution >= 4 is 17.3 Å². The number of aromatic nitrogens is 1. The zero-order chi connectivity index (χ0) is 20.1. The average Bonchev–Trinajstić information content (AvgIpc) is 2.76. The quantitative estimate of drug-likeness (QED) is 0.717. The Bertz CT molecular complexity index is 954. The molecule has 2 heterocycles. The molecule has 0 aliphatic carbocycles. The van der Waals surface area contributed by atoms with Gasteiger partial charge in [-0.15, -0.1) is 0 Å². The van der Waals surface area contributed by atoms with Crippen LogP contribution in [0.2, 0.25) is 0 Å². The van der Waals surface area contributed by atoms with Crippen LogP contribution >= 0.6 is 0 Å².